The van der Waals surface area contributed by atoms with E-state index in [1.807, 2.05) is 0 Å². The van der Waals surface area contributed by atoms with E-state index in [2.05, 4.69) is 17.4 Å². The Balaban J connectivity index is 1.71. The van der Waals surface area contributed by atoms with E-state index in [1.165, 1.54) is 29.5 Å². The molecule has 0 spiro atoms. The van der Waals surface area contributed by atoms with Gasteiger partial charge in [-0.1, -0.05) is 0 Å². The molecule has 0 aromatic heterocycles. The predicted molar refractivity (Wildman–Crippen MR) is 96.0 cm³/mol. The molecule has 1 saturated heterocycles. The zero-order valence-corrected chi connectivity index (χ0v) is 15.1. The summed E-state index contributed by atoms with van der Waals surface area (Å²) in [6, 6.07) is 4.48. The van der Waals surface area contributed by atoms with Crippen LogP contribution in [0.5, 0.6) is 5.75 Å². The second-order valence-corrected chi connectivity index (χ2v) is 8.82. The Kier molecular flexibility index (Phi) is 3.51. The smallest absolute Gasteiger partial charge is 0.119 e. The lowest BCUT2D eigenvalue weighted by molar-refractivity contribution is -0.146. The number of benzene rings is 1. The minimum atomic E-state index is -0.749. The maximum Gasteiger partial charge on any atom is 0.119 e. The van der Waals surface area contributed by atoms with Gasteiger partial charge in [-0.25, -0.2) is 0 Å². The zero-order valence-electron chi connectivity index (χ0n) is 15.1. The van der Waals surface area contributed by atoms with Crippen LogP contribution in [0.25, 0.3) is 0 Å². The van der Waals surface area contributed by atoms with E-state index in [-0.39, 0.29) is 17.6 Å². The highest BCUT2D eigenvalue weighted by molar-refractivity contribution is 5.52. The summed E-state index contributed by atoms with van der Waals surface area (Å²) < 4.78 is 5.64. The monoisotopic (exact) mass is 343 g/mol. The molecule has 0 amide bonds. The number of fused-ring (bicyclic) bond motifs is 1. The molecule has 1 aromatic rings. The molecular weight excluding hydrogens is 314 g/mol. The van der Waals surface area contributed by atoms with E-state index >= 15 is 0 Å². The highest BCUT2D eigenvalue weighted by atomic mass is 16.5. The summed E-state index contributed by atoms with van der Waals surface area (Å²) in [6.07, 6.45) is 7.32. The number of aliphatic hydroxyl groups excluding tert-OH is 1. The van der Waals surface area contributed by atoms with Gasteiger partial charge in [0.25, 0.3) is 0 Å². The van der Waals surface area contributed by atoms with Gasteiger partial charge in [0.1, 0.15) is 5.75 Å². The van der Waals surface area contributed by atoms with Gasteiger partial charge in [-0.2, -0.15) is 0 Å². The Labute approximate surface area is 149 Å². The molecule has 3 fully saturated rings. The Hall–Kier alpha value is -1.10. The molecule has 5 rings (SSSR count). The molecule has 4 aliphatic rings. The largest absolute Gasteiger partial charge is 0.497 e. The molecule has 1 aliphatic heterocycles. The number of aliphatic hydroxyl groups is 2. The molecule has 25 heavy (non-hydrogen) atoms. The van der Waals surface area contributed by atoms with E-state index in [0.29, 0.717) is 19.3 Å². The van der Waals surface area contributed by atoms with Gasteiger partial charge >= 0.3 is 0 Å². The van der Waals surface area contributed by atoms with Gasteiger partial charge in [0, 0.05) is 11.5 Å². The molecule has 4 atom stereocenters. The van der Waals surface area contributed by atoms with Gasteiger partial charge in [0.05, 0.1) is 18.8 Å². The van der Waals surface area contributed by atoms with Crippen molar-refractivity contribution < 1.29 is 14.9 Å². The van der Waals surface area contributed by atoms with Crippen LogP contribution in [0.1, 0.15) is 55.2 Å². The fourth-order valence-corrected chi connectivity index (χ4v) is 5.99. The van der Waals surface area contributed by atoms with Crippen LogP contribution in [0.3, 0.4) is 0 Å². The minimum absolute atomic E-state index is 0.104. The molecule has 2 saturated carbocycles. The molecular formula is C21H29NO3. The standard InChI is InChI=1S/C21H29NO3/c1-25-16-9-14(8-13-2-3-13)17-11-19-21(24)5-4-15(23)12-20(21,6-7-22-19)18(17)10-16/h9-10,13,15,19,22-24H,2-8,11-12H2,1H3. The minimum Gasteiger partial charge on any atom is -0.497 e. The van der Waals surface area contributed by atoms with Crippen LogP contribution in [0, 0.1) is 5.92 Å². The SMILES string of the molecule is COc1cc(CC2CC2)c2c(c1)C13CCNC(C2)C1(O)CCC(O)C3. The molecule has 4 unspecified atom stereocenters. The third-order valence-corrected chi connectivity index (χ3v) is 7.47. The van der Waals surface area contributed by atoms with Crippen LogP contribution in [-0.2, 0) is 18.3 Å². The molecule has 0 radical (unpaired) electrons. The summed E-state index contributed by atoms with van der Waals surface area (Å²) in [4.78, 5) is 0. The van der Waals surface area contributed by atoms with Crippen molar-refractivity contribution in [2.24, 2.45) is 5.92 Å². The molecule has 3 aliphatic carbocycles. The lowest BCUT2D eigenvalue weighted by Crippen LogP contribution is -2.73. The fourth-order valence-electron chi connectivity index (χ4n) is 5.99. The molecule has 1 aromatic carbocycles. The first-order valence-corrected chi connectivity index (χ1v) is 9.90. The Morgan fingerprint density at radius 2 is 2.08 bits per heavy atom. The first-order valence-electron chi connectivity index (χ1n) is 9.90. The quantitative estimate of drug-likeness (QED) is 0.786. The Morgan fingerprint density at radius 1 is 1.24 bits per heavy atom. The third kappa shape index (κ3) is 2.23. The molecule has 3 N–H and O–H groups in total. The van der Waals surface area contributed by atoms with Crippen molar-refractivity contribution in [2.45, 2.75) is 74.5 Å². The second-order valence-electron chi connectivity index (χ2n) is 8.82. The zero-order chi connectivity index (χ0) is 17.2. The van der Waals surface area contributed by atoms with Crippen molar-refractivity contribution in [1.29, 1.82) is 0 Å². The lowest BCUT2D eigenvalue weighted by atomic mass is 9.49. The summed E-state index contributed by atoms with van der Waals surface area (Å²) >= 11 is 0. The maximum absolute atomic E-state index is 11.8. The van der Waals surface area contributed by atoms with E-state index < -0.39 is 5.60 Å². The lowest BCUT2D eigenvalue weighted by Gasteiger charge is -2.62. The van der Waals surface area contributed by atoms with E-state index in [4.69, 9.17) is 4.74 Å². The van der Waals surface area contributed by atoms with Crippen molar-refractivity contribution in [3.63, 3.8) is 0 Å². The van der Waals surface area contributed by atoms with Crippen LogP contribution in [-0.4, -0.2) is 41.6 Å². The van der Waals surface area contributed by atoms with E-state index in [1.54, 1.807) is 7.11 Å². The topological polar surface area (TPSA) is 61.7 Å². The summed E-state index contributed by atoms with van der Waals surface area (Å²) in [6.45, 7) is 0.911. The third-order valence-electron chi connectivity index (χ3n) is 7.47. The highest BCUT2D eigenvalue weighted by Gasteiger charge is 2.63. The van der Waals surface area contributed by atoms with Crippen LogP contribution in [0.2, 0.25) is 0 Å². The van der Waals surface area contributed by atoms with Crippen LogP contribution >= 0.6 is 0 Å². The Bertz CT molecular complexity index is 701. The van der Waals surface area contributed by atoms with Gasteiger partial charge in [0.15, 0.2) is 0 Å². The van der Waals surface area contributed by atoms with E-state index in [0.717, 1.165) is 37.5 Å². The number of hydrogen-bond donors (Lipinski definition) is 3. The average Bonchev–Trinajstić information content (AvgIpc) is 3.40. The number of methoxy groups -OCH3 is 1. The summed E-state index contributed by atoms with van der Waals surface area (Å²) in [5, 5.41) is 25.8. The van der Waals surface area contributed by atoms with Crippen LogP contribution in [0.4, 0.5) is 0 Å². The average molecular weight is 343 g/mol. The normalized spacial score (nSPS) is 39.5. The van der Waals surface area contributed by atoms with Crippen molar-refractivity contribution in [2.75, 3.05) is 13.7 Å². The number of hydrogen-bond acceptors (Lipinski definition) is 4. The van der Waals surface area contributed by atoms with Crippen molar-refractivity contribution in [3.05, 3.63) is 28.8 Å². The maximum atomic E-state index is 11.8. The van der Waals surface area contributed by atoms with Gasteiger partial charge in [-0.15, -0.1) is 0 Å². The van der Waals surface area contributed by atoms with Crippen molar-refractivity contribution in [1.82, 2.24) is 5.32 Å². The second kappa shape index (κ2) is 5.45. The summed E-state index contributed by atoms with van der Waals surface area (Å²) in [7, 11) is 1.73. The van der Waals surface area contributed by atoms with Gasteiger partial charge in [-0.05, 0) is 92.7 Å². The summed E-state index contributed by atoms with van der Waals surface area (Å²) in [5.74, 6) is 1.72. The van der Waals surface area contributed by atoms with Gasteiger partial charge < -0.3 is 20.3 Å². The van der Waals surface area contributed by atoms with Gasteiger partial charge in [-0.3, -0.25) is 0 Å². The fraction of sp³-hybridized carbons (Fsp3) is 0.714. The molecule has 136 valence electrons. The number of ether oxygens (including phenoxy) is 1. The number of nitrogens with one attached hydrogen (secondary N) is 1. The number of rotatable bonds is 3. The highest BCUT2D eigenvalue weighted by Crippen LogP contribution is 2.57. The number of piperidine rings is 1. The van der Waals surface area contributed by atoms with Crippen LogP contribution in [0.15, 0.2) is 12.1 Å². The van der Waals surface area contributed by atoms with Crippen molar-refractivity contribution >= 4 is 0 Å². The Morgan fingerprint density at radius 3 is 2.84 bits per heavy atom. The van der Waals surface area contributed by atoms with E-state index in [9.17, 15) is 10.2 Å². The molecule has 4 heteroatoms. The van der Waals surface area contributed by atoms with Crippen LogP contribution < -0.4 is 10.1 Å². The predicted octanol–water partition coefficient (Wildman–Crippen LogP) is 2.08. The van der Waals surface area contributed by atoms with Crippen molar-refractivity contribution in [3.8, 4) is 5.75 Å². The first kappa shape index (κ1) is 16.1. The first-order chi connectivity index (χ1) is 12.1. The molecule has 1 heterocycles. The molecule has 4 nitrogen and oxygen atoms in total. The molecule has 2 bridgehead atoms. The summed E-state index contributed by atoms with van der Waals surface area (Å²) in [5.41, 5.74) is 3.01. The van der Waals surface area contributed by atoms with Gasteiger partial charge in [0.2, 0.25) is 0 Å².